The first-order valence-electron chi connectivity index (χ1n) is 6.11. The van der Waals surface area contributed by atoms with Gasteiger partial charge in [0.05, 0.1) is 0 Å². The van der Waals surface area contributed by atoms with E-state index < -0.39 is 0 Å². The van der Waals surface area contributed by atoms with Gasteiger partial charge < -0.3 is 10.7 Å². The molecule has 0 atom stereocenters. The molecular weight excluding hydrogens is 228 g/mol. The summed E-state index contributed by atoms with van der Waals surface area (Å²) in [5, 5.41) is 2.93. The van der Waals surface area contributed by atoms with Gasteiger partial charge in [0, 0.05) is 17.8 Å². The van der Waals surface area contributed by atoms with Crippen molar-refractivity contribution in [3.8, 4) is 0 Å². The number of amides is 1. The van der Waals surface area contributed by atoms with Crippen molar-refractivity contribution >= 4 is 11.7 Å². The van der Waals surface area contributed by atoms with Crippen molar-refractivity contribution < 1.29 is 4.79 Å². The molecule has 18 heavy (non-hydrogen) atoms. The van der Waals surface area contributed by atoms with Crippen LogP contribution in [0, 0.1) is 12.3 Å². The zero-order chi connectivity index (χ0) is 13.8. The minimum absolute atomic E-state index is 0.0986. The third-order valence-electron chi connectivity index (χ3n) is 3.05. The SMILES string of the molecule is CCC(C)(C)CNC(=O)c1cc(C)nc(NN)c1. The Labute approximate surface area is 108 Å². The fourth-order valence-corrected chi connectivity index (χ4v) is 1.42. The minimum Gasteiger partial charge on any atom is -0.351 e. The maximum atomic E-state index is 12.0. The zero-order valence-corrected chi connectivity index (χ0v) is 11.5. The Morgan fingerprint density at radius 3 is 2.67 bits per heavy atom. The molecule has 1 amide bonds. The van der Waals surface area contributed by atoms with Crippen LogP contribution in [0.15, 0.2) is 12.1 Å². The summed E-state index contributed by atoms with van der Waals surface area (Å²) in [6.45, 7) is 8.83. The predicted molar refractivity (Wildman–Crippen MR) is 73.2 cm³/mol. The Morgan fingerprint density at radius 1 is 1.44 bits per heavy atom. The molecule has 0 aliphatic rings. The molecule has 5 nitrogen and oxygen atoms in total. The van der Waals surface area contributed by atoms with E-state index in [2.05, 4.69) is 36.5 Å². The van der Waals surface area contributed by atoms with Crippen LogP contribution in [0.5, 0.6) is 0 Å². The quantitative estimate of drug-likeness (QED) is 0.550. The first-order chi connectivity index (χ1) is 8.38. The number of aromatic nitrogens is 1. The summed E-state index contributed by atoms with van der Waals surface area (Å²) in [6, 6.07) is 3.39. The lowest BCUT2D eigenvalue weighted by Crippen LogP contribution is -2.33. The van der Waals surface area contributed by atoms with Crippen molar-refractivity contribution in [1.82, 2.24) is 10.3 Å². The van der Waals surface area contributed by atoms with Gasteiger partial charge in [-0.05, 0) is 30.9 Å². The molecule has 0 aliphatic carbocycles. The van der Waals surface area contributed by atoms with Crippen LogP contribution in [-0.2, 0) is 0 Å². The Balaban J connectivity index is 2.75. The minimum atomic E-state index is -0.0986. The molecule has 4 N–H and O–H groups in total. The number of hydrogen-bond donors (Lipinski definition) is 3. The van der Waals surface area contributed by atoms with Crippen LogP contribution in [0.4, 0.5) is 5.82 Å². The van der Waals surface area contributed by atoms with Crippen molar-refractivity contribution in [3.63, 3.8) is 0 Å². The summed E-state index contributed by atoms with van der Waals surface area (Å²) in [7, 11) is 0. The van der Waals surface area contributed by atoms with Crippen LogP contribution in [-0.4, -0.2) is 17.4 Å². The van der Waals surface area contributed by atoms with Gasteiger partial charge in [-0.3, -0.25) is 4.79 Å². The summed E-state index contributed by atoms with van der Waals surface area (Å²) < 4.78 is 0. The normalized spacial score (nSPS) is 11.2. The molecule has 1 heterocycles. The number of carbonyl (C=O) groups excluding carboxylic acids is 1. The molecule has 0 aromatic carbocycles. The first kappa shape index (κ1) is 14.4. The van der Waals surface area contributed by atoms with E-state index in [1.807, 2.05) is 6.92 Å². The number of carbonyl (C=O) groups is 1. The summed E-state index contributed by atoms with van der Waals surface area (Å²) >= 11 is 0. The predicted octanol–water partition coefficient (Wildman–Crippen LogP) is 1.84. The maximum absolute atomic E-state index is 12.0. The summed E-state index contributed by atoms with van der Waals surface area (Å²) in [6.07, 6.45) is 1.01. The van der Waals surface area contributed by atoms with E-state index >= 15 is 0 Å². The van der Waals surface area contributed by atoms with Gasteiger partial charge in [0.1, 0.15) is 5.82 Å². The van der Waals surface area contributed by atoms with Crippen LogP contribution in [0.1, 0.15) is 43.2 Å². The second-order valence-corrected chi connectivity index (χ2v) is 5.23. The van der Waals surface area contributed by atoms with Crippen molar-refractivity contribution in [2.45, 2.75) is 34.1 Å². The number of hydrogen-bond acceptors (Lipinski definition) is 4. The van der Waals surface area contributed by atoms with Gasteiger partial charge >= 0.3 is 0 Å². The first-order valence-corrected chi connectivity index (χ1v) is 6.11. The van der Waals surface area contributed by atoms with Gasteiger partial charge in [-0.15, -0.1) is 0 Å². The second-order valence-electron chi connectivity index (χ2n) is 5.23. The van der Waals surface area contributed by atoms with Crippen LogP contribution in [0.2, 0.25) is 0 Å². The number of hydrazine groups is 1. The van der Waals surface area contributed by atoms with E-state index in [1.54, 1.807) is 12.1 Å². The average Bonchev–Trinajstić information content (AvgIpc) is 2.35. The van der Waals surface area contributed by atoms with Gasteiger partial charge in [0.25, 0.3) is 5.91 Å². The number of nitrogen functional groups attached to an aromatic ring is 1. The molecule has 0 bridgehead atoms. The molecule has 5 heteroatoms. The molecule has 0 aliphatic heterocycles. The number of pyridine rings is 1. The number of nitrogens with two attached hydrogens (primary N) is 1. The lowest BCUT2D eigenvalue weighted by atomic mass is 9.90. The third-order valence-corrected chi connectivity index (χ3v) is 3.05. The van der Waals surface area contributed by atoms with Gasteiger partial charge in [-0.1, -0.05) is 20.8 Å². The molecule has 0 saturated heterocycles. The standard InChI is InChI=1S/C13H22N4O/c1-5-13(3,4)8-15-12(18)10-6-9(2)16-11(7-10)17-14/h6-7H,5,8,14H2,1-4H3,(H,15,18)(H,16,17). The molecular formula is C13H22N4O. The highest BCUT2D eigenvalue weighted by Crippen LogP contribution is 2.18. The lowest BCUT2D eigenvalue weighted by molar-refractivity contribution is 0.0935. The third kappa shape index (κ3) is 4.00. The number of nitrogens with one attached hydrogen (secondary N) is 2. The van der Waals surface area contributed by atoms with Gasteiger partial charge in [0.15, 0.2) is 0 Å². The monoisotopic (exact) mass is 250 g/mol. The van der Waals surface area contributed by atoms with E-state index in [4.69, 9.17) is 5.84 Å². The van der Waals surface area contributed by atoms with Crippen molar-refractivity contribution in [2.75, 3.05) is 12.0 Å². The number of rotatable bonds is 5. The highest BCUT2D eigenvalue weighted by Gasteiger charge is 2.17. The molecule has 100 valence electrons. The van der Waals surface area contributed by atoms with E-state index in [0.717, 1.165) is 12.1 Å². The topological polar surface area (TPSA) is 80.0 Å². The molecule has 0 radical (unpaired) electrons. The van der Waals surface area contributed by atoms with Crippen LogP contribution in [0.25, 0.3) is 0 Å². The van der Waals surface area contributed by atoms with E-state index in [0.29, 0.717) is 17.9 Å². The average molecular weight is 250 g/mol. The highest BCUT2D eigenvalue weighted by atomic mass is 16.1. The Kier molecular flexibility index (Phi) is 4.67. The van der Waals surface area contributed by atoms with Gasteiger partial charge in [0.2, 0.25) is 0 Å². The number of aryl methyl sites for hydroxylation is 1. The van der Waals surface area contributed by atoms with Crippen molar-refractivity contribution in [2.24, 2.45) is 11.3 Å². The highest BCUT2D eigenvalue weighted by molar-refractivity contribution is 5.95. The molecule has 0 fully saturated rings. The fraction of sp³-hybridized carbons (Fsp3) is 0.538. The van der Waals surface area contributed by atoms with Crippen LogP contribution < -0.4 is 16.6 Å². The summed E-state index contributed by atoms with van der Waals surface area (Å²) in [4.78, 5) is 16.2. The fourth-order valence-electron chi connectivity index (χ4n) is 1.42. The zero-order valence-electron chi connectivity index (χ0n) is 11.5. The summed E-state index contributed by atoms with van der Waals surface area (Å²) in [5.74, 6) is 5.70. The largest absolute Gasteiger partial charge is 0.351 e. The van der Waals surface area contributed by atoms with Gasteiger partial charge in [-0.25, -0.2) is 10.8 Å². The molecule has 1 aromatic heterocycles. The maximum Gasteiger partial charge on any atom is 0.251 e. The number of nitrogens with zero attached hydrogens (tertiary/aromatic N) is 1. The molecule has 0 saturated carbocycles. The second kappa shape index (κ2) is 5.82. The van der Waals surface area contributed by atoms with E-state index in [-0.39, 0.29) is 11.3 Å². The smallest absolute Gasteiger partial charge is 0.251 e. The van der Waals surface area contributed by atoms with E-state index in [9.17, 15) is 4.79 Å². The molecule has 1 rings (SSSR count). The Hall–Kier alpha value is -1.62. The van der Waals surface area contributed by atoms with Crippen LogP contribution >= 0.6 is 0 Å². The Morgan fingerprint density at radius 2 is 2.11 bits per heavy atom. The lowest BCUT2D eigenvalue weighted by Gasteiger charge is -2.22. The molecule has 0 unspecified atom stereocenters. The summed E-state index contributed by atoms with van der Waals surface area (Å²) in [5.41, 5.74) is 3.89. The van der Waals surface area contributed by atoms with E-state index in [1.165, 1.54) is 0 Å². The number of anilines is 1. The molecule has 0 spiro atoms. The van der Waals surface area contributed by atoms with Crippen molar-refractivity contribution in [1.29, 1.82) is 0 Å². The Bertz CT molecular complexity index is 429. The van der Waals surface area contributed by atoms with Crippen molar-refractivity contribution in [3.05, 3.63) is 23.4 Å². The molecule has 1 aromatic rings. The van der Waals surface area contributed by atoms with Gasteiger partial charge in [-0.2, -0.15) is 0 Å². The van der Waals surface area contributed by atoms with Crippen LogP contribution in [0.3, 0.4) is 0 Å².